The Labute approximate surface area is 192 Å². The van der Waals surface area contributed by atoms with E-state index in [-0.39, 0.29) is 30.2 Å². The van der Waals surface area contributed by atoms with Crippen molar-refractivity contribution >= 4 is 69.2 Å². The molecular weight excluding hydrogens is 462 g/mol. The van der Waals surface area contributed by atoms with Gasteiger partial charge in [-0.15, -0.1) is 0 Å². The SMILES string of the molecule is O=C(CCCN1C(=O)/C(=C/c2ccccc2Cl)SC1=S)Nc1cc([N+](=O)[O-])ccc1[O-]. The first kappa shape index (κ1) is 22.7. The van der Waals surface area contributed by atoms with Crippen molar-refractivity contribution in [3.8, 4) is 5.75 Å². The van der Waals surface area contributed by atoms with E-state index in [1.165, 1.54) is 4.90 Å². The monoisotopic (exact) mass is 476 g/mol. The largest absolute Gasteiger partial charge is 0.871 e. The molecule has 1 aliphatic rings. The van der Waals surface area contributed by atoms with Crippen molar-refractivity contribution in [1.29, 1.82) is 0 Å². The second-order valence-electron chi connectivity index (χ2n) is 6.44. The number of carbonyl (C=O) groups excluding carboxylic acids is 2. The molecule has 8 nitrogen and oxygen atoms in total. The molecule has 3 rings (SSSR count). The number of hydrogen-bond donors (Lipinski definition) is 1. The van der Waals surface area contributed by atoms with Gasteiger partial charge in [-0.3, -0.25) is 24.6 Å². The lowest BCUT2D eigenvalue weighted by atomic mass is 10.2. The van der Waals surface area contributed by atoms with Gasteiger partial charge in [0.25, 0.3) is 11.6 Å². The molecular formula is C20H15ClN3O5S2-. The minimum Gasteiger partial charge on any atom is -0.871 e. The van der Waals surface area contributed by atoms with Crippen molar-refractivity contribution in [3.05, 3.63) is 68.1 Å². The van der Waals surface area contributed by atoms with Gasteiger partial charge < -0.3 is 10.4 Å². The molecule has 1 aliphatic heterocycles. The van der Waals surface area contributed by atoms with E-state index >= 15 is 0 Å². The van der Waals surface area contributed by atoms with Gasteiger partial charge in [0, 0.05) is 35.8 Å². The van der Waals surface area contributed by atoms with Gasteiger partial charge in [-0.1, -0.05) is 65.6 Å². The normalized spacial score (nSPS) is 14.9. The van der Waals surface area contributed by atoms with E-state index in [4.69, 9.17) is 23.8 Å². The van der Waals surface area contributed by atoms with Crippen LogP contribution in [0.3, 0.4) is 0 Å². The summed E-state index contributed by atoms with van der Waals surface area (Å²) >= 11 is 12.6. The highest BCUT2D eigenvalue weighted by Crippen LogP contribution is 2.34. The van der Waals surface area contributed by atoms with Crippen LogP contribution in [0.2, 0.25) is 5.02 Å². The first-order chi connectivity index (χ1) is 14.8. The van der Waals surface area contributed by atoms with E-state index < -0.39 is 16.6 Å². The number of non-ortho nitro benzene ring substituents is 1. The van der Waals surface area contributed by atoms with E-state index in [9.17, 15) is 24.8 Å². The van der Waals surface area contributed by atoms with Crippen molar-refractivity contribution in [2.24, 2.45) is 0 Å². The molecule has 0 aromatic heterocycles. The summed E-state index contributed by atoms with van der Waals surface area (Å²) in [5, 5.41) is 25.5. The van der Waals surface area contributed by atoms with Gasteiger partial charge in [0.05, 0.1) is 9.83 Å². The lowest BCUT2D eigenvalue weighted by Gasteiger charge is -2.16. The smallest absolute Gasteiger partial charge is 0.271 e. The Balaban J connectivity index is 1.57. The lowest BCUT2D eigenvalue weighted by molar-refractivity contribution is -0.385. The number of nitro groups is 1. The molecule has 0 atom stereocenters. The predicted molar refractivity (Wildman–Crippen MR) is 122 cm³/mol. The van der Waals surface area contributed by atoms with E-state index in [0.29, 0.717) is 26.2 Å². The molecule has 1 saturated heterocycles. The highest BCUT2D eigenvalue weighted by atomic mass is 35.5. The second-order valence-corrected chi connectivity index (χ2v) is 8.53. The van der Waals surface area contributed by atoms with E-state index in [1.54, 1.807) is 24.3 Å². The highest BCUT2D eigenvalue weighted by molar-refractivity contribution is 8.26. The van der Waals surface area contributed by atoms with Crippen LogP contribution in [0.5, 0.6) is 5.75 Å². The van der Waals surface area contributed by atoms with Gasteiger partial charge in [0.1, 0.15) is 4.32 Å². The number of halogens is 1. The maximum absolute atomic E-state index is 12.6. The van der Waals surface area contributed by atoms with E-state index in [0.717, 1.165) is 30.0 Å². The Morgan fingerprint density at radius 3 is 2.74 bits per heavy atom. The fourth-order valence-electron chi connectivity index (χ4n) is 2.77. The summed E-state index contributed by atoms with van der Waals surface area (Å²) in [6.07, 6.45) is 1.97. The van der Waals surface area contributed by atoms with Crippen molar-refractivity contribution in [2.75, 3.05) is 11.9 Å². The Morgan fingerprint density at radius 1 is 1.29 bits per heavy atom. The van der Waals surface area contributed by atoms with Crippen molar-refractivity contribution in [2.45, 2.75) is 12.8 Å². The number of thiocarbonyl (C=S) groups is 1. The van der Waals surface area contributed by atoms with E-state index in [1.807, 2.05) is 6.07 Å². The van der Waals surface area contributed by atoms with Crippen LogP contribution in [0, 0.1) is 10.1 Å². The molecule has 2 aromatic carbocycles. The average molecular weight is 477 g/mol. The third kappa shape index (κ3) is 5.60. The number of nitrogens with zero attached hydrogens (tertiary/aromatic N) is 2. The standard InChI is InChI=1S/C20H16ClN3O5S2/c21-14-5-2-1-4-12(14)10-17-19(27)23(20(30)31-17)9-3-6-18(26)22-15-11-13(24(28)29)7-8-16(15)25/h1-2,4-5,7-8,10-11,25H,3,6,9H2,(H,22,26)/p-1/b17-10-. The molecule has 2 aromatic rings. The van der Waals surface area contributed by atoms with Crippen LogP contribution in [-0.2, 0) is 9.59 Å². The number of carbonyl (C=O) groups is 2. The van der Waals surface area contributed by atoms with Crippen LogP contribution >= 0.6 is 35.6 Å². The van der Waals surface area contributed by atoms with Crippen LogP contribution in [0.25, 0.3) is 6.08 Å². The molecule has 0 bridgehead atoms. The molecule has 2 amide bonds. The van der Waals surface area contributed by atoms with Gasteiger partial charge in [0.15, 0.2) is 0 Å². The minimum atomic E-state index is -0.652. The maximum atomic E-state index is 12.6. The second kappa shape index (κ2) is 9.90. The Bertz CT molecular complexity index is 1110. The Kier molecular flexibility index (Phi) is 7.26. The van der Waals surface area contributed by atoms with Gasteiger partial charge in [0.2, 0.25) is 5.91 Å². The minimum absolute atomic E-state index is 0.00273. The van der Waals surface area contributed by atoms with Crippen LogP contribution in [0.15, 0.2) is 47.4 Å². The van der Waals surface area contributed by atoms with Crippen LogP contribution < -0.4 is 10.4 Å². The molecule has 31 heavy (non-hydrogen) atoms. The molecule has 0 radical (unpaired) electrons. The number of hydrogen-bond acceptors (Lipinski definition) is 7. The van der Waals surface area contributed by atoms with Gasteiger partial charge >= 0.3 is 0 Å². The summed E-state index contributed by atoms with van der Waals surface area (Å²) in [5.74, 6) is -1.29. The third-order valence-corrected chi connectivity index (χ3v) is 6.02. The topological polar surface area (TPSA) is 116 Å². The molecule has 11 heteroatoms. The summed E-state index contributed by atoms with van der Waals surface area (Å²) in [4.78, 5) is 36.8. The summed E-state index contributed by atoms with van der Waals surface area (Å²) in [6.45, 7) is 0.219. The summed E-state index contributed by atoms with van der Waals surface area (Å²) in [6, 6.07) is 10.2. The molecule has 1 heterocycles. The van der Waals surface area contributed by atoms with Crippen LogP contribution in [0.4, 0.5) is 11.4 Å². The summed E-state index contributed by atoms with van der Waals surface area (Å²) in [7, 11) is 0. The molecule has 0 aliphatic carbocycles. The highest BCUT2D eigenvalue weighted by Gasteiger charge is 2.31. The van der Waals surface area contributed by atoms with Gasteiger partial charge in [-0.05, 0) is 24.1 Å². The summed E-state index contributed by atoms with van der Waals surface area (Å²) in [5.41, 5.74) is 0.250. The molecule has 1 N–H and O–H groups in total. The molecule has 0 spiro atoms. The molecule has 0 saturated carbocycles. The molecule has 160 valence electrons. The zero-order chi connectivity index (χ0) is 22.5. The quantitative estimate of drug-likeness (QED) is 0.278. The number of amides is 2. The van der Waals surface area contributed by atoms with Gasteiger partial charge in [-0.2, -0.15) is 0 Å². The number of nitrogens with one attached hydrogen (secondary N) is 1. The Hall–Kier alpha value is -2.95. The number of nitro benzene ring substituents is 1. The third-order valence-electron chi connectivity index (χ3n) is 4.30. The average Bonchev–Trinajstić information content (AvgIpc) is 2.98. The van der Waals surface area contributed by atoms with Crippen molar-refractivity contribution in [1.82, 2.24) is 4.90 Å². The first-order valence-corrected chi connectivity index (χ1v) is 10.6. The van der Waals surface area contributed by atoms with Crippen molar-refractivity contribution in [3.63, 3.8) is 0 Å². The Morgan fingerprint density at radius 2 is 2.03 bits per heavy atom. The molecule has 0 unspecified atom stereocenters. The zero-order valence-corrected chi connectivity index (χ0v) is 18.3. The predicted octanol–water partition coefficient (Wildman–Crippen LogP) is 3.94. The van der Waals surface area contributed by atoms with E-state index in [2.05, 4.69) is 5.32 Å². The zero-order valence-electron chi connectivity index (χ0n) is 15.9. The van der Waals surface area contributed by atoms with Gasteiger partial charge in [-0.25, -0.2) is 0 Å². The fraction of sp³-hybridized carbons (Fsp3) is 0.150. The van der Waals surface area contributed by atoms with Crippen LogP contribution in [-0.4, -0.2) is 32.5 Å². The fourth-order valence-corrected chi connectivity index (χ4v) is 4.26. The van der Waals surface area contributed by atoms with Crippen LogP contribution in [0.1, 0.15) is 18.4 Å². The number of benzene rings is 2. The number of anilines is 1. The molecule has 1 fully saturated rings. The number of thioether (sulfide) groups is 1. The first-order valence-electron chi connectivity index (χ1n) is 9.01. The number of rotatable bonds is 7. The lowest BCUT2D eigenvalue weighted by Crippen LogP contribution is -2.29. The van der Waals surface area contributed by atoms with Crippen molar-refractivity contribution < 1.29 is 19.6 Å². The summed E-state index contributed by atoms with van der Waals surface area (Å²) < 4.78 is 0.379. The maximum Gasteiger partial charge on any atom is 0.271 e.